The number of ketones is 1. The van der Waals surface area contributed by atoms with Gasteiger partial charge in [0.25, 0.3) is 0 Å². The van der Waals surface area contributed by atoms with Gasteiger partial charge in [-0.15, -0.1) is 0 Å². The van der Waals surface area contributed by atoms with Crippen molar-refractivity contribution in [3.63, 3.8) is 0 Å². The molecule has 0 aromatic heterocycles. The second-order valence-electron chi connectivity index (χ2n) is 4.41. The standard InChI is InChI=1S/C16H15ClO3/c1-20-15-8-7-13(17)9-12(15)10-14(18)16(19)11-5-3-2-4-6-11/h2-9,16,19H,10H2,1H3. The van der Waals surface area contributed by atoms with Crippen molar-refractivity contribution >= 4 is 17.4 Å². The third-order valence-electron chi connectivity index (χ3n) is 3.03. The van der Waals surface area contributed by atoms with Crippen LogP contribution in [0.3, 0.4) is 0 Å². The summed E-state index contributed by atoms with van der Waals surface area (Å²) >= 11 is 5.92. The molecule has 0 heterocycles. The van der Waals surface area contributed by atoms with E-state index in [-0.39, 0.29) is 12.2 Å². The number of carbonyl (C=O) groups is 1. The normalized spacial score (nSPS) is 11.9. The summed E-state index contributed by atoms with van der Waals surface area (Å²) in [5.41, 5.74) is 1.25. The number of hydrogen-bond donors (Lipinski definition) is 1. The Morgan fingerprint density at radius 3 is 2.60 bits per heavy atom. The quantitative estimate of drug-likeness (QED) is 0.920. The summed E-state index contributed by atoms with van der Waals surface area (Å²) in [6.45, 7) is 0. The Bertz CT molecular complexity index is 596. The molecule has 2 rings (SSSR count). The van der Waals surface area contributed by atoms with E-state index >= 15 is 0 Å². The number of benzene rings is 2. The summed E-state index contributed by atoms with van der Waals surface area (Å²) in [4.78, 5) is 12.1. The smallest absolute Gasteiger partial charge is 0.170 e. The minimum absolute atomic E-state index is 0.0692. The van der Waals surface area contributed by atoms with Gasteiger partial charge in [0.15, 0.2) is 5.78 Å². The predicted molar refractivity (Wildman–Crippen MR) is 78.1 cm³/mol. The van der Waals surface area contributed by atoms with Crippen LogP contribution in [-0.4, -0.2) is 18.0 Å². The van der Waals surface area contributed by atoms with Crippen LogP contribution in [0.25, 0.3) is 0 Å². The Morgan fingerprint density at radius 2 is 1.95 bits per heavy atom. The van der Waals surface area contributed by atoms with Crippen LogP contribution in [0, 0.1) is 0 Å². The Kier molecular flexibility index (Phi) is 4.77. The third kappa shape index (κ3) is 3.38. The lowest BCUT2D eigenvalue weighted by Gasteiger charge is -2.12. The SMILES string of the molecule is COc1ccc(Cl)cc1CC(=O)C(O)c1ccccc1. The van der Waals surface area contributed by atoms with E-state index in [4.69, 9.17) is 16.3 Å². The van der Waals surface area contributed by atoms with Gasteiger partial charge in [-0.05, 0) is 23.8 Å². The van der Waals surface area contributed by atoms with Crippen LogP contribution in [0.1, 0.15) is 17.2 Å². The van der Waals surface area contributed by atoms with Gasteiger partial charge in [0.05, 0.1) is 7.11 Å². The third-order valence-corrected chi connectivity index (χ3v) is 3.26. The van der Waals surface area contributed by atoms with Gasteiger partial charge in [0, 0.05) is 17.0 Å². The molecule has 1 atom stereocenters. The first-order chi connectivity index (χ1) is 9.61. The molecule has 1 unspecified atom stereocenters. The fourth-order valence-electron chi connectivity index (χ4n) is 1.99. The van der Waals surface area contributed by atoms with E-state index in [0.29, 0.717) is 21.9 Å². The molecule has 0 saturated carbocycles. The average molecular weight is 291 g/mol. The predicted octanol–water partition coefficient (Wildman–Crippen LogP) is 3.19. The van der Waals surface area contributed by atoms with E-state index in [2.05, 4.69) is 0 Å². The highest BCUT2D eigenvalue weighted by Crippen LogP contribution is 2.25. The van der Waals surface area contributed by atoms with Gasteiger partial charge in [-0.3, -0.25) is 4.79 Å². The van der Waals surface area contributed by atoms with Gasteiger partial charge in [0.1, 0.15) is 11.9 Å². The Labute approximate surface area is 122 Å². The zero-order valence-corrected chi connectivity index (χ0v) is 11.8. The molecule has 2 aromatic rings. The monoisotopic (exact) mass is 290 g/mol. The van der Waals surface area contributed by atoms with Crippen molar-refractivity contribution in [3.8, 4) is 5.75 Å². The molecular formula is C16H15ClO3. The molecule has 20 heavy (non-hydrogen) atoms. The van der Waals surface area contributed by atoms with Gasteiger partial charge >= 0.3 is 0 Å². The van der Waals surface area contributed by atoms with Crippen molar-refractivity contribution in [2.75, 3.05) is 7.11 Å². The lowest BCUT2D eigenvalue weighted by molar-refractivity contribution is -0.126. The van der Waals surface area contributed by atoms with Crippen LogP contribution in [0.5, 0.6) is 5.75 Å². The van der Waals surface area contributed by atoms with Crippen molar-refractivity contribution < 1.29 is 14.6 Å². The fraction of sp³-hybridized carbons (Fsp3) is 0.188. The highest BCUT2D eigenvalue weighted by atomic mass is 35.5. The summed E-state index contributed by atoms with van der Waals surface area (Å²) in [7, 11) is 1.53. The number of Topliss-reactive ketones (excluding diaryl/α,β-unsaturated/α-hetero) is 1. The van der Waals surface area contributed by atoms with Crippen LogP contribution in [-0.2, 0) is 11.2 Å². The fourth-order valence-corrected chi connectivity index (χ4v) is 2.19. The molecule has 2 aromatic carbocycles. The van der Waals surface area contributed by atoms with Gasteiger partial charge < -0.3 is 9.84 Å². The zero-order valence-electron chi connectivity index (χ0n) is 11.0. The van der Waals surface area contributed by atoms with Gasteiger partial charge in [-0.1, -0.05) is 41.9 Å². The van der Waals surface area contributed by atoms with Crippen LogP contribution >= 0.6 is 11.6 Å². The van der Waals surface area contributed by atoms with E-state index in [1.165, 1.54) is 7.11 Å². The molecule has 0 aliphatic rings. The topological polar surface area (TPSA) is 46.5 Å². The molecule has 4 heteroatoms. The maximum Gasteiger partial charge on any atom is 0.170 e. The Hall–Kier alpha value is -1.84. The van der Waals surface area contributed by atoms with Crippen molar-refractivity contribution in [2.24, 2.45) is 0 Å². The molecule has 0 amide bonds. The minimum atomic E-state index is -1.14. The van der Waals surface area contributed by atoms with Crippen LogP contribution in [0.4, 0.5) is 0 Å². The highest BCUT2D eigenvalue weighted by molar-refractivity contribution is 6.30. The van der Waals surface area contributed by atoms with Gasteiger partial charge in [0.2, 0.25) is 0 Å². The molecule has 0 spiro atoms. The first kappa shape index (κ1) is 14.6. The molecule has 0 aliphatic heterocycles. The summed E-state index contributed by atoms with van der Waals surface area (Å²) in [6.07, 6.45) is -1.07. The first-order valence-electron chi connectivity index (χ1n) is 6.20. The van der Waals surface area contributed by atoms with Crippen molar-refractivity contribution in [1.29, 1.82) is 0 Å². The lowest BCUT2D eigenvalue weighted by Crippen LogP contribution is -2.15. The van der Waals surface area contributed by atoms with E-state index in [1.54, 1.807) is 42.5 Å². The minimum Gasteiger partial charge on any atom is -0.496 e. The van der Waals surface area contributed by atoms with Crippen molar-refractivity contribution in [1.82, 2.24) is 0 Å². The molecular weight excluding hydrogens is 276 g/mol. The summed E-state index contributed by atoms with van der Waals surface area (Å²) in [5.74, 6) is 0.291. The highest BCUT2D eigenvalue weighted by Gasteiger charge is 2.19. The first-order valence-corrected chi connectivity index (χ1v) is 6.57. The van der Waals surface area contributed by atoms with Crippen LogP contribution in [0.2, 0.25) is 5.02 Å². The zero-order chi connectivity index (χ0) is 14.5. The number of carbonyl (C=O) groups excluding carboxylic acids is 1. The van der Waals surface area contributed by atoms with E-state index in [1.807, 2.05) is 6.07 Å². The number of rotatable bonds is 5. The molecule has 3 nitrogen and oxygen atoms in total. The van der Waals surface area contributed by atoms with Crippen LogP contribution in [0.15, 0.2) is 48.5 Å². The Morgan fingerprint density at radius 1 is 1.25 bits per heavy atom. The molecule has 0 bridgehead atoms. The summed E-state index contributed by atoms with van der Waals surface area (Å²) < 4.78 is 5.19. The molecule has 0 radical (unpaired) electrons. The maximum atomic E-state index is 12.1. The Balaban J connectivity index is 2.18. The number of halogens is 1. The lowest BCUT2D eigenvalue weighted by atomic mass is 9.99. The molecule has 0 aliphatic carbocycles. The van der Waals surface area contributed by atoms with E-state index in [0.717, 1.165) is 0 Å². The number of hydrogen-bond acceptors (Lipinski definition) is 3. The van der Waals surface area contributed by atoms with Gasteiger partial charge in [-0.2, -0.15) is 0 Å². The summed E-state index contributed by atoms with van der Waals surface area (Å²) in [5, 5.41) is 10.6. The second kappa shape index (κ2) is 6.55. The van der Waals surface area contributed by atoms with Crippen molar-refractivity contribution in [3.05, 3.63) is 64.7 Å². The molecule has 104 valence electrons. The van der Waals surface area contributed by atoms with Gasteiger partial charge in [-0.25, -0.2) is 0 Å². The van der Waals surface area contributed by atoms with Crippen LogP contribution < -0.4 is 4.74 Å². The summed E-state index contributed by atoms with van der Waals surface area (Å²) in [6, 6.07) is 13.9. The maximum absolute atomic E-state index is 12.1. The molecule has 0 saturated heterocycles. The number of aliphatic hydroxyl groups excluding tert-OH is 1. The van der Waals surface area contributed by atoms with E-state index < -0.39 is 6.10 Å². The molecule has 0 fully saturated rings. The number of aliphatic hydroxyl groups is 1. The second-order valence-corrected chi connectivity index (χ2v) is 4.85. The largest absolute Gasteiger partial charge is 0.496 e. The molecule has 1 N–H and O–H groups in total. The number of methoxy groups -OCH3 is 1. The average Bonchev–Trinajstić information content (AvgIpc) is 2.47. The number of ether oxygens (including phenoxy) is 1. The van der Waals surface area contributed by atoms with E-state index in [9.17, 15) is 9.90 Å². The van der Waals surface area contributed by atoms with Crippen molar-refractivity contribution in [2.45, 2.75) is 12.5 Å².